The Kier molecular flexibility index (Phi) is 4.30. The van der Waals surface area contributed by atoms with Crippen LogP contribution in [-0.4, -0.2) is 12.3 Å². The molecule has 0 aromatic heterocycles. The van der Waals surface area contributed by atoms with Crippen LogP contribution in [0.3, 0.4) is 0 Å². The van der Waals surface area contributed by atoms with Gasteiger partial charge in [-0.05, 0) is 37.1 Å². The number of hydrogen-bond acceptors (Lipinski definition) is 3. The van der Waals surface area contributed by atoms with E-state index in [1.807, 2.05) is 51.1 Å². The van der Waals surface area contributed by atoms with Gasteiger partial charge >= 0.3 is 5.97 Å². The van der Waals surface area contributed by atoms with Crippen LogP contribution in [0.5, 0.6) is 0 Å². The summed E-state index contributed by atoms with van der Waals surface area (Å²) in [5.74, 6) is -0.354. The van der Waals surface area contributed by atoms with Crippen molar-refractivity contribution in [2.75, 3.05) is 0 Å². The molecule has 3 rings (SSSR count). The first-order valence-corrected chi connectivity index (χ1v) is 7.75. The standard InChI is InChI=1S/C20H20O3/c1-13(2)11-16-12-19(21)23-20(16)22-14(3)17-10-6-8-15-7-4-5-9-18(15)17/h4-12,14,20H,1-3H3/t14-,20?/m1/s1. The van der Waals surface area contributed by atoms with Gasteiger partial charge in [0, 0.05) is 11.6 Å². The van der Waals surface area contributed by atoms with Crippen molar-refractivity contribution < 1.29 is 14.3 Å². The Morgan fingerprint density at radius 1 is 1.17 bits per heavy atom. The van der Waals surface area contributed by atoms with Crippen molar-refractivity contribution in [3.63, 3.8) is 0 Å². The van der Waals surface area contributed by atoms with Gasteiger partial charge in [-0.3, -0.25) is 0 Å². The molecule has 1 unspecified atom stereocenters. The summed E-state index contributed by atoms with van der Waals surface area (Å²) in [5.41, 5.74) is 2.95. The highest BCUT2D eigenvalue weighted by atomic mass is 16.7. The molecule has 0 aliphatic carbocycles. The van der Waals surface area contributed by atoms with Gasteiger partial charge in [-0.15, -0.1) is 0 Å². The zero-order chi connectivity index (χ0) is 16.4. The SMILES string of the molecule is CC(C)=CC1=CC(=O)OC1O[C@H](C)c1cccc2ccccc12. The molecule has 0 amide bonds. The van der Waals surface area contributed by atoms with Gasteiger partial charge in [0.2, 0.25) is 6.29 Å². The maximum Gasteiger partial charge on any atom is 0.333 e. The minimum absolute atomic E-state index is 0.189. The van der Waals surface area contributed by atoms with Crippen LogP contribution >= 0.6 is 0 Å². The fourth-order valence-corrected chi connectivity index (χ4v) is 2.82. The van der Waals surface area contributed by atoms with Gasteiger partial charge in [-0.2, -0.15) is 0 Å². The largest absolute Gasteiger partial charge is 0.428 e. The summed E-state index contributed by atoms with van der Waals surface area (Å²) in [4.78, 5) is 11.6. The Hall–Kier alpha value is -2.39. The number of benzene rings is 2. The predicted octanol–water partition coefficient (Wildman–Crippen LogP) is 4.69. The van der Waals surface area contributed by atoms with Gasteiger partial charge in [0.05, 0.1) is 6.10 Å². The van der Waals surface area contributed by atoms with Crippen LogP contribution in [0.4, 0.5) is 0 Å². The molecule has 0 saturated heterocycles. The van der Waals surface area contributed by atoms with E-state index >= 15 is 0 Å². The lowest BCUT2D eigenvalue weighted by atomic mass is 10.0. The van der Waals surface area contributed by atoms with Crippen LogP contribution < -0.4 is 0 Å². The molecule has 2 aromatic carbocycles. The zero-order valence-electron chi connectivity index (χ0n) is 13.6. The van der Waals surface area contributed by atoms with E-state index in [2.05, 4.69) is 18.2 Å². The Bertz CT molecular complexity index is 792. The second-order valence-corrected chi connectivity index (χ2v) is 5.98. The summed E-state index contributed by atoms with van der Waals surface area (Å²) in [6.07, 6.45) is 2.58. The molecule has 3 nitrogen and oxygen atoms in total. The number of fused-ring (bicyclic) bond motifs is 1. The highest BCUT2D eigenvalue weighted by Gasteiger charge is 2.28. The van der Waals surface area contributed by atoms with Crippen LogP contribution in [0.1, 0.15) is 32.4 Å². The van der Waals surface area contributed by atoms with Crippen LogP contribution in [-0.2, 0) is 14.3 Å². The van der Waals surface area contributed by atoms with Crippen molar-refractivity contribution in [1.82, 2.24) is 0 Å². The summed E-state index contributed by atoms with van der Waals surface area (Å²) in [6, 6.07) is 14.3. The lowest BCUT2D eigenvalue weighted by Crippen LogP contribution is -2.18. The molecule has 0 saturated carbocycles. The van der Waals surface area contributed by atoms with Gasteiger partial charge in [0.1, 0.15) is 0 Å². The van der Waals surface area contributed by atoms with Crippen LogP contribution in [0.15, 0.2) is 65.8 Å². The lowest BCUT2D eigenvalue weighted by Gasteiger charge is -2.21. The van der Waals surface area contributed by atoms with E-state index in [-0.39, 0.29) is 12.1 Å². The Balaban J connectivity index is 1.86. The van der Waals surface area contributed by atoms with E-state index in [9.17, 15) is 4.79 Å². The molecular weight excluding hydrogens is 288 g/mol. The third kappa shape index (κ3) is 3.35. The molecule has 0 bridgehead atoms. The molecule has 118 valence electrons. The molecule has 2 aromatic rings. The molecule has 2 atom stereocenters. The smallest absolute Gasteiger partial charge is 0.333 e. The number of cyclic esters (lactones) is 1. The molecule has 1 aliphatic rings. The van der Waals surface area contributed by atoms with Crippen molar-refractivity contribution >= 4 is 16.7 Å². The number of carbonyl (C=O) groups excluding carboxylic acids is 1. The lowest BCUT2D eigenvalue weighted by molar-refractivity contribution is -0.166. The second-order valence-electron chi connectivity index (χ2n) is 5.98. The zero-order valence-corrected chi connectivity index (χ0v) is 13.6. The average molecular weight is 308 g/mol. The number of hydrogen-bond donors (Lipinski definition) is 0. The third-order valence-electron chi connectivity index (χ3n) is 3.82. The number of esters is 1. The highest BCUT2D eigenvalue weighted by Crippen LogP contribution is 2.30. The minimum Gasteiger partial charge on any atom is -0.428 e. The molecule has 0 spiro atoms. The summed E-state index contributed by atoms with van der Waals surface area (Å²) >= 11 is 0. The van der Waals surface area contributed by atoms with Crippen LogP contribution in [0.2, 0.25) is 0 Å². The van der Waals surface area contributed by atoms with Crippen molar-refractivity contribution in [2.45, 2.75) is 33.2 Å². The summed E-state index contributed by atoms with van der Waals surface area (Å²) in [5, 5.41) is 2.32. The Labute approximate surface area is 136 Å². The number of allylic oxidation sites excluding steroid dienone is 1. The predicted molar refractivity (Wildman–Crippen MR) is 90.8 cm³/mol. The Morgan fingerprint density at radius 3 is 2.70 bits per heavy atom. The first-order valence-electron chi connectivity index (χ1n) is 7.75. The van der Waals surface area contributed by atoms with Crippen LogP contribution in [0.25, 0.3) is 10.8 Å². The van der Waals surface area contributed by atoms with E-state index in [1.54, 1.807) is 0 Å². The maximum atomic E-state index is 11.6. The number of rotatable bonds is 4. The second kappa shape index (κ2) is 6.39. The van der Waals surface area contributed by atoms with E-state index < -0.39 is 6.29 Å². The van der Waals surface area contributed by atoms with Crippen molar-refractivity contribution in [1.29, 1.82) is 0 Å². The molecule has 3 heteroatoms. The molecule has 0 fully saturated rings. The van der Waals surface area contributed by atoms with Gasteiger partial charge in [0.25, 0.3) is 0 Å². The number of ether oxygens (including phenoxy) is 2. The molecule has 1 aliphatic heterocycles. The molecule has 23 heavy (non-hydrogen) atoms. The summed E-state index contributed by atoms with van der Waals surface area (Å²) < 4.78 is 11.3. The van der Waals surface area contributed by atoms with E-state index in [1.165, 1.54) is 11.5 Å². The van der Waals surface area contributed by atoms with Crippen molar-refractivity contribution in [3.8, 4) is 0 Å². The van der Waals surface area contributed by atoms with E-state index in [0.29, 0.717) is 0 Å². The first-order chi connectivity index (χ1) is 11.0. The van der Waals surface area contributed by atoms with Crippen molar-refractivity contribution in [2.24, 2.45) is 0 Å². The first kappa shape index (κ1) is 15.5. The third-order valence-corrected chi connectivity index (χ3v) is 3.82. The summed E-state index contributed by atoms with van der Waals surface area (Å²) in [7, 11) is 0. The maximum absolute atomic E-state index is 11.6. The van der Waals surface area contributed by atoms with Crippen LogP contribution in [0, 0.1) is 0 Å². The molecule has 1 heterocycles. The highest BCUT2D eigenvalue weighted by molar-refractivity contribution is 5.87. The fourth-order valence-electron chi connectivity index (χ4n) is 2.82. The summed E-state index contributed by atoms with van der Waals surface area (Å²) in [6.45, 7) is 5.94. The molecule has 0 N–H and O–H groups in total. The normalized spacial score (nSPS) is 18.5. The van der Waals surface area contributed by atoms with Gasteiger partial charge in [-0.1, -0.05) is 54.1 Å². The number of carbonyl (C=O) groups is 1. The van der Waals surface area contributed by atoms with Gasteiger partial charge in [0.15, 0.2) is 0 Å². The van der Waals surface area contributed by atoms with Gasteiger partial charge in [-0.25, -0.2) is 4.79 Å². The topological polar surface area (TPSA) is 35.5 Å². The molecular formula is C20H20O3. The minimum atomic E-state index is -0.647. The van der Waals surface area contributed by atoms with E-state index in [0.717, 1.165) is 22.1 Å². The monoisotopic (exact) mass is 308 g/mol. The molecule has 0 radical (unpaired) electrons. The van der Waals surface area contributed by atoms with Crippen molar-refractivity contribution in [3.05, 3.63) is 71.3 Å². The average Bonchev–Trinajstić information content (AvgIpc) is 2.85. The quantitative estimate of drug-likeness (QED) is 0.768. The van der Waals surface area contributed by atoms with Gasteiger partial charge < -0.3 is 9.47 Å². The fraction of sp³-hybridized carbons (Fsp3) is 0.250. The Morgan fingerprint density at radius 2 is 1.91 bits per heavy atom. The van der Waals surface area contributed by atoms with E-state index in [4.69, 9.17) is 9.47 Å².